The fraction of sp³-hybridized carbons (Fsp3) is 0.143. The number of anilines is 5. The Bertz CT molecular complexity index is 3130. The van der Waals surface area contributed by atoms with Gasteiger partial charge in [-0.3, -0.25) is 0 Å². The summed E-state index contributed by atoms with van der Waals surface area (Å²) >= 11 is 0. The van der Waals surface area contributed by atoms with Crippen LogP contribution in [0.4, 0.5) is 28.4 Å². The average Bonchev–Trinajstić information content (AvgIpc) is 3.58. The van der Waals surface area contributed by atoms with Crippen LogP contribution >= 0.6 is 0 Å². The number of hydrogen-bond acceptors (Lipinski definition) is 2. The van der Waals surface area contributed by atoms with Crippen molar-refractivity contribution in [3.05, 3.63) is 252 Å². The molecule has 0 aromatic heterocycles. The molecule has 318 valence electrons. The van der Waals surface area contributed by atoms with Gasteiger partial charge in [-0.2, -0.15) is 0 Å². The molecule has 0 heterocycles. The Balaban J connectivity index is 1.09. The topological polar surface area (TPSA) is 6.48 Å². The van der Waals surface area contributed by atoms with Crippen molar-refractivity contribution in [1.82, 2.24) is 0 Å². The third kappa shape index (κ3) is 7.53. The number of para-hydroxylation sites is 2. The van der Waals surface area contributed by atoms with Crippen molar-refractivity contribution < 1.29 is 0 Å². The van der Waals surface area contributed by atoms with Gasteiger partial charge in [0, 0.05) is 39.5 Å². The van der Waals surface area contributed by atoms with Gasteiger partial charge in [0.25, 0.3) is 0 Å². The predicted molar refractivity (Wildman–Crippen MR) is 278 cm³/mol. The van der Waals surface area contributed by atoms with E-state index in [2.05, 4.69) is 258 Å². The van der Waals surface area contributed by atoms with Crippen molar-refractivity contribution in [3.8, 4) is 33.4 Å². The molecule has 0 radical (unpaired) electrons. The normalized spacial score (nSPS) is 16.3. The Morgan fingerprint density at radius 3 is 1.49 bits per heavy atom. The van der Waals surface area contributed by atoms with E-state index in [1.54, 1.807) is 0 Å². The number of benzene rings is 8. The molecule has 0 unspecified atom stereocenters. The molecule has 0 amide bonds. The van der Waals surface area contributed by atoms with Crippen molar-refractivity contribution >= 4 is 34.0 Å². The number of hydrogen-bond donors (Lipinski definition) is 0. The maximum Gasteiger partial charge on any atom is 0.0467 e. The van der Waals surface area contributed by atoms with Crippen LogP contribution < -0.4 is 9.80 Å². The summed E-state index contributed by atoms with van der Waals surface area (Å²) in [6.45, 7) is 19.2. The standard InChI is InChI=1S/C63H56N2/c1-43-38-54(64(50-28-16-10-17-29-50)52-32-20-26-48(40-52)46-22-12-8-13-23-46)36-37-62(4,5)60-56(45(43)3)34-35-57-59-44(2)39-55(42-58(59)63(6,7)61(57)60)65(51-30-18-11-19-31-51)53-33-21-27-49(41-53)47-24-14-9-15-25-47/h8-36,38-42H,3,37H2,1-2,4-7H3/b43-38-,54-36+. The van der Waals surface area contributed by atoms with E-state index in [0.29, 0.717) is 0 Å². The van der Waals surface area contributed by atoms with Crippen molar-refractivity contribution in [2.75, 3.05) is 9.80 Å². The lowest BCUT2D eigenvalue weighted by Gasteiger charge is -2.35. The lowest BCUT2D eigenvalue weighted by molar-refractivity contribution is 0.511. The third-order valence-corrected chi connectivity index (χ3v) is 13.7. The quantitative estimate of drug-likeness (QED) is 0.150. The van der Waals surface area contributed by atoms with Gasteiger partial charge in [-0.25, -0.2) is 0 Å². The fourth-order valence-corrected chi connectivity index (χ4v) is 10.5. The lowest BCUT2D eigenvalue weighted by atomic mass is 9.69. The Kier molecular flexibility index (Phi) is 10.6. The van der Waals surface area contributed by atoms with Crippen LogP contribution in [0.3, 0.4) is 0 Å². The minimum Gasteiger partial charge on any atom is -0.311 e. The van der Waals surface area contributed by atoms with Crippen LogP contribution in [0.5, 0.6) is 0 Å². The number of aryl methyl sites for hydroxylation is 1. The number of rotatable bonds is 8. The molecule has 10 rings (SSSR count). The van der Waals surface area contributed by atoms with E-state index < -0.39 is 0 Å². The highest BCUT2D eigenvalue weighted by Crippen LogP contribution is 2.57. The monoisotopic (exact) mass is 840 g/mol. The molecule has 65 heavy (non-hydrogen) atoms. The fourth-order valence-electron chi connectivity index (χ4n) is 10.5. The predicted octanol–water partition coefficient (Wildman–Crippen LogP) is 17.5. The minimum atomic E-state index is -0.297. The summed E-state index contributed by atoms with van der Waals surface area (Å²) in [4.78, 5) is 4.84. The Morgan fingerprint density at radius 1 is 0.446 bits per heavy atom. The molecule has 0 atom stereocenters. The molecule has 0 saturated carbocycles. The molecule has 8 aromatic carbocycles. The van der Waals surface area contributed by atoms with E-state index in [4.69, 9.17) is 6.58 Å². The SMILES string of the molecule is C=C1/C(C)=C\C(N(c2ccccc2)c2cccc(-c3ccccc3)c2)=C/CC(C)(C)c2c1ccc1c2C(C)(C)c2cc(N(c3ccccc3)c3cccc(-c4ccccc4)c3)cc(C)c2-1. The van der Waals surface area contributed by atoms with E-state index in [1.165, 1.54) is 61.2 Å². The highest BCUT2D eigenvalue weighted by molar-refractivity contribution is 5.92. The smallest absolute Gasteiger partial charge is 0.0467 e. The van der Waals surface area contributed by atoms with E-state index in [-0.39, 0.29) is 10.8 Å². The maximum absolute atomic E-state index is 4.89. The van der Waals surface area contributed by atoms with Crippen molar-refractivity contribution in [3.63, 3.8) is 0 Å². The molecule has 0 N–H and O–H groups in total. The Hall–Kier alpha value is -7.42. The zero-order valence-electron chi connectivity index (χ0n) is 38.4. The van der Waals surface area contributed by atoms with E-state index in [9.17, 15) is 0 Å². The lowest BCUT2D eigenvalue weighted by Crippen LogP contribution is -2.27. The molecule has 0 aliphatic heterocycles. The molecule has 8 aromatic rings. The van der Waals surface area contributed by atoms with E-state index in [1.807, 2.05) is 0 Å². The summed E-state index contributed by atoms with van der Waals surface area (Å²) in [6, 6.07) is 70.4. The number of fused-ring (bicyclic) bond motifs is 5. The summed E-state index contributed by atoms with van der Waals surface area (Å²) in [5, 5.41) is 0. The minimum absolute atomic E-state index is 0.244. The maximum atomic E-state index is 4.89. The van der Waals surface area contributed by atoms with Crippen molar-refractivity contribution in [2.24, 2.45) is 0 Å². The molecular weight excluding hydrogens is 785 g/mol. The first-order valence-electron chi connectivity index (χ1n) is 22.9. The number of nitrogens with zero attached hydrogens (tertiary/aromatic N) is 2. The Morgan fingerprint density at radius 2 is 0.923 bits per heavy atom. The van der Waals surface area contributed by atoms with Gasteiger partial charge >= 0.3 is 0 Å². The van der Waals surface area contributed by atoms with Gasteiger partial charge < -0.3 is 9.80 Å². The molecule has 0 fully saturated rings. The zero-order valence-corrected chi connectivity index (χ0v) is 38.4. The van der Waals surface area contributed by atoms with Gasteiger partial charge in [0.05, 0.1) is 0 Å². The van der Waals surface area contributed by atoms with Gasteiger partial charge in [-0.1, -0.05) is 174 Å². The van der Waals surface area contributed by atoms with Crippen LogP contribution in [0, 0.1) is 6.92 Å². The van der Waals surface area contributed by atoms with Gasteiger partial charge in [0.2, 0.25) is 0 Å². The number of allylic oxidation sites excluding steroid dienone is 4. The highest BCUT2D eigenvalue weighted by atomic mass is 15.1. The van der Waals surface area contributed by atoms with Gasteiger partial charge in [0.1, 0.15) is 0 Å². The molecule has 2 heteroatoms. The molecule has 0 bridgehead atoms. The highest BCUT2D eigenvalue weighted by Gasteiger charge is 2.43. The first kappa shape index (κ1) is 41.6. The van der Waals surface area contributed by atoms with E-state index >= 15 is 0 Å². The summed E-state index contributed by atoms with van der Waals surface area (Å²) in [7, 11) is 0. The largest absolute Gasteiger partial charge is 0.311 e. The average molecular weight is 841 g/mol. The van der Waals surface area contributed by atoms with Gasteiger partial charge in [0.15, 0.2) is 0 Å². The van der Waals surface area contributed by atoms with Crippen LogP contribution in [0.25, 0.3) is 39.0 Å². The summed E-state index contributed by atoms with van der Waals surface area (Å²) in [5.41, 5.74) is 22.6. The van der Waals surface area contributed by atoms with Crippen molar-refractivity contribution in [1.29, 1.82) is 0 Å². The van der Waals surface area contributed by atoms with Gasteiger partial charge in [-0.05, 0) is 165 Å². The molecule has 2 aliphatic carbocycles. The molecule has 0 spiro atoms. The van der Waals surface area contributed by atoms with E-state index in [0.717, 1.165) is 51.7 Å². The van der Waals surface area contributed by atoms with Crippen LogP contribution in [0.15, 0.2) is 224 Å². The molecule has 0 saturated heterocycles. The van der Waals surface area contributed by atoms with Crippen LogP contribution in [-0.4, -0.2) is 0 Å². The first-order chi connectivity index (χ1) is 31.5. The summed E-state index contributed by atoms with van der Waals surface area (Å²) < 4.78 is 0. The molecule has 2 nitrogen and oxygen atoms in total. The first-order valence-corrected chi connectivity index (χ1v) is 22.9. The second kappa shape index (κ2) is 16.6. The second-order valence-corrected chi connectivity index (χ2v) is 18.9. The van der Waals surface area contributed by atoms with Crippen LogP contribution in [0.1, 0.15) is 68.9 Å². The van der Waals surface area contributed by atoms with Gasteiger partial charge in [-0.15, -0.1) is 0 Å². The van der Waals surface area contributed by atoms with Crippen molar-refractivity contribution in [2.45, 2.75) is 58.8 Å². The van der Waals surface area contributed by atoms with Crippen LogP contribution in [-0.2, 0) is 10.8 Å². The molecule has 2 aliphatic rings. The van der Waals surface area contributed by atoms with Crippen LogP contribution in [0.2, 0.25) is 0 Å². The summed E-state index contributed by atoms with van der Waals surface area (Å²) in [5.74, 6) is 0. The third-order valence-electron chi connectivity index (χ3n) is 13.7. The summed E-state index contributed by atoms with van der Waals surface area (Å²) in [6.07, 6.45) is 5.65. The zero-order chi connectivity index (χ0) is 44.9. The molecular formula is C63H56N2. The second-order valence-electron chi connectivity index (χ2n) is 18.9. The Labute approximate surface area is 386 Å².